The molecule has 114 valence electrons. The molecule has 1 fully saturated rings. The smallest absolute Gasteiger partial charge is 0.326 e. The molecule has 1 aliphatic heterocycles. The quantitative estimate of drug-likeness (QED) is 0.896. The molecule has 1 unspecified atom stereocenters. The van der Waals surface area contributed by atoms with E-state index >= 15 is 0 Å². The van der Waals surface area contributed by atoms with Crippen LogP contribution < -0.4 is 4.74 Å². The minimum atomic E-state index is -0.994. The summed E-state index contributed by atoms with van der Waals surface area (Å²) in [6, 6.07) is 3.09. The van der Waals surface area contributed by atoms with E-state index in [4.69, 9.17) is 9.84 Å². The highest BCUT2D eigenvalue weighted by Crippen LogP contribution is 2.25. The van der Waals surface area contributed by atoms with Crippen LogP contribution in [-0.4, -0.2) is 41.1 Å². The van der Waals surface area contributed by atoms with Crippen molar-refractivity contribution in [3.63, 3.8) is 0 Å². The Bertz CT molecular complexity index is 552. The van der Waals surface area contributed by atoms with Gasteiger partial charge in [-0.2, -0.15) is 0 Å². The van der Waals surface area contributed by atoms with Gasteiger partial charge in [-0.1, -0.05) is 0 Å². The molecule has 2 rings (SSSR count). The van der Waals surface area contributed by atoms with Gasteiger partial charge in [-0.15, -0.1) is 0 Å². The van der Waals surface area contributed by atoms with Crippen molar-refractivity contribution in [1.82, 2.24) is 4.90 Å². The Kier molecular flexibility index (Phi) is 5.17. The van der Waals surface area contributed by atoms with Crippen LogP contribution in [0, 0.1) is 5.82 Å². The molecule has 21 heavy (non-hydrogen) atoms. The fourth-order valence-electron chi connectivity index (χ4n) is 2.30. The molecule has 0 bridgehead atoms. The van der Waals surface area contributed by atoms with Gasteiger partial charge in [-0.05, 0) is 53.4 Å². The SMILES string of the molecule is O=C(O)C1CCCCN1C(=O)COc1ccc(F)cc1Br. The number of nitrogens with zero attached hydrogens (tertiary/aromatic N) is 1. The number of carbonyl (C=O) groups is 2. The molecule has 1 heterocycles. The maximum absolute atomic E-state index is 13.0. The third-order valence-corrected chi connectivity index (χ3v) is 3.97. The maximum atomic E-state index is 13.0. The van der Waals surface area contributed by atoms with Crippen LogP contribution in [0.5, 0.6) is 5.75 Å². The third-order valence-electron chi connectivity index (χ3n) is 3.35. The fourth-order valence-corrected chi connectivity index (χ4v) is 2.77. The maximum Gasteiger partial charge on any atom is 0.326 e. The van der Waals surface area contributed by atoms with Gasteiger partial charge in [0.05, 0.1) is 4.47 Å². The molecule has 1 aromatic carbocycles. The first-order valence-electron chi connectivity index (χ1n) is 6.59. The van der Waals surface area contributed by atoms with Gasteiger partial charge in [0.25, 0.3) is 5.91 Å². The van der Waals surface area contributed by atoms with E-state index in [9.17, 15) is 14.0 Å². The number of carboxylic acid groups (broad SMARTS) is 1. The van der Waals surface area contributed by atoms with E-state index in [0.717, 1.165) is 12.8 Å². The zero-order valence-corrected chi connectivity index (χ0v) is 12.8. The van der Waals surface area contributed by atoms with Crippen molar-refractivity contribution in [3.8, 4) is 5.75 Å². The first kappa shape index (κ1) is 15.8. The number of ether oxygens (including phenoxy) is 1. The standard InChI is InChI=1S/C14H15BrFNO4/c15-10-7-9(16)4-5-12(10)21-8-13(18)17-6-2-1-3-11(17)14(19)20/h4-5,7,11H,1-3,6,8H2,(H,19,20). The summed E-state index contributed by atoms with van der Waals surface area (Å²) < 4.78 is 18.7. The average Bonchev–Trinajstić information content (AvgIpc) is 2.46. The van der Waals surface area contributed by atoms with Crippen LogP contribution in [0.4, 0.5) is 4.39 Å². The van der Waals surface area contributed by atoms with Gasteiger partial charge in [-0.3, -0.25) is 4.79 Å². The normalized spacial score (nSPS) is 18.4. The zero-order valence-electron chi connectivity index (χ0n) is 11.2. The number of hydrogen-bond acceptors (Lipinski definition) is 3. The van der Waals surface area contributed by atoms with Gasteiger partial charge in [-0.25, -0.2) is 9.18 Å². The summed E-state index contributed by atoms with van der Waals surface area (Å²) in [5, 5.41) is 9.13. The number of rotatable bonds is 4. The summed E-state index contributed by atoms with van der Waals surface area (Å²) >= 11 is 3.14. The van der Waals surface area contributed by atoms with E-state index in [1.165, 1.54) is 23.1 Å². The van der Waals surface area contributed by atoms with Crippen molar-refractivity contribution < 1.29 is 23.8 Å². The molecule has 1 atom stereocenters. The third kappa shape index (κ3) is 3.93. The molecule has 0 aliphatic carbocycles. The molecule has 0 aromatic heterocycles. The average molecular weight is 360 g/mol. The second kappa shape index (κ2) is 6.89. The molecule has 1 saturated heterocycles. The zero-order chi connectivity index (χ0) is 15.4. The Morgan fingerprint density at radius 2 is 2.19 bits per heavy atom. The van der Waals surface area contributed by atoms with Crippen LogP contribution in [0.1, 0.15) is 19.3 Å². The number of benzene rings is 1. The molecule has 5 nitrogen and oxygen atoms in total. The molecular formula is C14H15BrFNO4. The lowest BCUT2D eigenvalue weighted by Crippen LogP contribution is -2.49. The highest BCUT2D eigenvalue weighted by atomic mass is 79.9. The Morgan fingerprint density at radius 1 is 1.43 bits per heavy atom. The Morgan fingerprint density at radius 3 is 2.86 bits per heavy atom. The van der Waals surface area contributed by atoms with Gasteiger partial charge in [0.15, 0.2) is 6.61 Å². The summed E-state index contributed by atoms with van der Waals surface area (Å²) in [7, 11) is 0. The minimum Gasteiger partial charge on any atom is -0.483 e. The largest absolute Gasteiger partial charge is 0.483 e. The van der Waals surface area contributed by atoms with Crippen molar-refractivity contribution in [1.29, 1.82) is 0 Å². The summed E-state index contributed by atoms with van der Waals surface area (Å²) in [5.74, 6) is -1.44. The van der Waals surface area contributed by atoms with Gasteiger partial charge in [0, 0.05) is 6.54 Å². The first-order chi connectivity index (χ1) is 9.99. The van der Waals surface area contributed by atoms with Crippen LogP contribution in [0.25, 0.3) is 0 Å². The number of piperidine rings is 1. The van der Waals surface area contributed by atoms with Gasteiger partial charge >= 0.3 is 5.97 Å². The van der Waals surface area contributed by atoms with E-state index in [1.54, 1.807) is 0 Å². The molecule has 1 amide bonds. The molecule has 7 heteroatoms. The van der Waals surface area contributed by atoms with Crippen molar-refractivity contribution in [3.05, 3.63) is 28.5 Å². The lowest BCUT2D eigenvalue weighted by Gasteiger charge is -2.32. The minimum absolute atomic E-state index is 0.270. The Hall–Kier alpha value is -1.63. The van der Waals surface area contributed by atoms with Crippen LogP contribution in [0.3, 0.4) is 0 Å². The van der Waals surface area contributed by atoms with E-state index in [0.29, 0.717) is 23.2 Å². The summed E-state index contributed by atoms with van der Waals surface area (Å²) in [6.07, 6.45) is 2.04. The van der Waals surface area contributed by atoms with Gasteiger partial charge in [0.1, 0.15) is 17.6 Å². The van der Waals surface area contributed by atoms with Crippen molar-refractivity contribution >= 4 is 27.8 Å². The van der Waals surface area contributed by atoms with Crippen molar-refractivity contribution in [2.45, 2.75) is 25.3 Å². The number of halogens is 2. The summed E-state index contributed by atoms with van der Waals surface area (Å²) in [4.78, 5) is 24.6. The van der Waals surface area contributed by atoms with Crippen LogP contribution in [0.2, 0.25) is 0 Å². The van der Waals surface area contributed by atoms with E-state index in [2.05, 4.69) is 15.9 Å². The molecule has 1 aliphatic rings. The highest BCUT2D eigenvalue weighted by Gasteiger charge is 2.32. The molecule has 0 radical (unpaired) electrons. The first-order valence-corrected chi connectivity index (χ1v) is 7.38. The van der Waals surface area contributed by atoms with Gasteiger partial charge < -0.3 is 14.7 Å². The monoisotopic (exact) mass is 359 g/mol. The number of carboxylic acids is 1. The lowest BCUT2D eigenvalue weighted by atomic mass is 10.0. The van der Waals surface area contributed by atoms with Crippen LogP contribution >= 0.6 is 15.9 Å². The molecule has 1 aromatic rings. The predicted octanol–water partition coefficient (Wildman–Crippen LogP) is 2.43. The summed E-state index contributed by atoms with van der Waals surface area (Å²) in [5.41, 5.74) is 0. The number of amides is 1. The topological polar surface area (TPSA) is 66.8 Å². The number of aliphatic carboxylic acids is 1. The molecule has 0 spiro atoms. The fraction of sp³-hybridized carbons (Fsp3) is 0.429. The Balaban J connectivity index is 1.98. The van der Waals surface area contributed by atoms with E-state index in [-0.39, 0.29) is 12.5 Å². The predicted molar refractivity (Wildman–Crippen MR) is 76.6 cm³/mol. The van der Waals surface area contributed by atoms with Crippen molar-refractivity contribution in [2.24, 2.45) is 0 Å². The van der Waals surface area contributed by atoms with E-state index in [1.807, 2.05) is 0 Å². The number of carbonyl (C=O) groups excluding carboxylic acids is 1. The van der Waals surface area contributed by atoms with Crippen LogP contribution in [-0.2, 0) is 9.59 Å². The highest BCUT2D eigenvalue weighted by molar-refractivity contribution is 9.10. The second-order valence-corrected chi connectivity index (χ2v) is 5.65. The number of likely N-dealkylation sites (tertiary alicyclic amines) is 1. The van der Waals surface area contributed by atoms with E-state index < -0.39 is 17.8 Å². The second-order valence-electron chi connectivity index (χ2n) is 4.80. The molecule has 1 N–H and O–H groups in total. The van der Waals surface area contributed by atoms with Crippen molar-refractivity contribution in [2.75, 3.05) is 13.2 Å². The Labute approximate surface area is 129 Å². The molecule has 0 saturated carbocycles. The number of hydrogen-bond donors (Lipinski definition) is 1. The summed E-state index contributed by atoms with van der Waals surface area (Å²) in [6.45, 7) is 0.151. The lowest BCUT2D eigenvalue weighted by molar-refractivity contribution is -0.152. The molecular weight excluding hydrogens is 345 g/mol. The van der Waals surface area contributed by atoms with Crippen LogP contribution in [0.15, 0.2) is 22.7 Å². The van der Waals surface area contributed by atoms with Gasteiger partial charge in [0.2, 0.25) is 0 Å².